The molecule has 2 aromatic carbocycles. The van der Waals surface area contributed by atoms with Gasteiger partial charge in [0.2, 0.25) is 0 Å². The summed E-state index contributed by atoms with van der Waals surface area (Å²) in [7, 11) is 0. The van der Waals surface area contributed by atoms with Crippen molar-refractivity contribution in [3.8, 4) is 0 Å². The largest absolute Gasteiger partial charge is 0.480 e. The number of hydrogen-bond acceptors (Lipinski definition) is 4. The molecule has 2 rings (SSSR count). The molecule has 1 atom stereocenters. The van der Waals surface area contributed by atoms with E-state index in [2.05, 4.69) is 5.32 Å². The van der Waals surface area contributed by atoms with Gasteiger partial charge in [-0.1, -0.05) is 60.7 Å². The first kappa shape index (κ1) is 20.5. The number of aliphatic carboxylic acids is 1. The van der Waals surface area contributed by atoms with E-state index >= 15 is 0 Å². The zero-order valence-electron chi connectivity index (χ0n) is 15.2. The Morgan fingerprint density at radius 2 is 1.48 bits per heavy atom. The molecule has 0 bridgehead atoms. The quantitative estimate of drug-likeness (QED) is 0.588. The lowest BCUT2D eigenvalue weighted by atomic mass is 10.1. The predicted molar refractivity (Wildman–Crippen MR) is 101 cm³/mol. The van der Waals surface area contributed by atoms with E-state index in [1.807, 2.05) is 60.7 Å². The topological polar surface area (TPSA) is 84.9 Å². The second kappa shape index (κ2) is 11.7. The maximum Gasteiger partial charge on any atom is 0.408 e. The Balaban J connectivity index is 1.61. The predicted octanol–water partition coefficient (Wildman–Crippen LogP) is 3.75. The number of nitrogens with one attached hydrogen (secondary N) is 1. The van der Waals surface area contributed by atoms with Crippen LogP contribution in [-0.2, 0) is 27.5 Å². The molecule has 0 fully saturated rings. The van der Waals surface area contributed by atoms with Crippen molar-refractivity contribution in [2.24, 2.45) is 0 Å². The van der Waals surface area contributed by atoms with Gasteiger partial charge in [-0.15, -0.1) is 0 Å². The molecular formula is C21H25NO5. The number of benzene rings is 2. The van der Waals surface area contributed by atoms with Gasteiger partial charge in [-0.2, -0.15) is 0 Å². The van der Waals surface area contributed by atoms with Crippen LogP contribution in [0.3, 0.4) is 0 Å². The van der Waals surface area contributed by atoms with Gasteiger partial charge in [0, 0.05) is 6.61 Å². The first-order valence-corrected chi connectivity index (χ1v) is 8.97. The lowest BCUT2D eigenvalue weighted by Crippen LogP contribution is -2.41. The molecule has 6 heteroatoms. The molecular weight excluding hydrogens is 346 g/mol. The number of carbonyl (C=O) groups excluding carboxylic acids is 1. The Morgan fingerprint density at radius 3 is 2.07 bits per heavy atom. The number of carboxylic acids is 1. The molecule has 0 radical (unpaired) electrons. The molecule has 0 aliphatic heterocycles. The van der Waals surface area contributed by atoms with E-state index in [4.69, 9.17) is 9.47 Å². The van der Waals surface area contributed by atoms with E-state index in [0.29, 0.717) is 26.1 Å². The second-order valence-corrected chi connectivity index (χ2v) is 6.13. The maximum absolute atomic E-state index is 11.8. The SMILES string of the molecule is O=C(NC(CCCCOCc1ccccc1)C(=O)O)OCc1ccccc1. The van der Waals surface area contributed by atoms with Gasteiger partial charge >= 0.3 is 12.1 Å². The molecule has 0 saturated heterocycles. The number of unbranched alkanes of at least 4 members (excludes halogenated alkanes) is 1. The Morgan fingerprint density at radius 1 is 0.889 bits per heavy atom. The van der Waals surface area contributed by atoms with Crippen molar-refractivity contribution < 1.29 is 24.2 Å². The lowest BCUT2D eigenvalue weighted by Gasteiger charge is -2.14. The summed E-state index contributed by atoms with van der Waals surface area (Å²) in [6, 6.07) is 18.1. The Hall–Kier alpha value is -2.86. The summed E-state index contributed by atoms with van der Waals surface area (Å²) in [4.78, 5) is 23.1. The average molecular weight is 371 g/mol. The van der Waals surface area contributed by atoms with Gasteiger partial charge in [-0.05, 0) is 30.4 Å². The van der Waals surface area contributed by atoms with Crippen molar-refractivity contribution in [3.63, 3.8) is 0 Å². The number of alkyl carbamates (subject to hydrolysis) is 1. The van der Waals surface area contributed by atoms with Gasteiger partial charge in [0.15, 0.2) is 0 Å². The van der Waals surface area contributed by atoms with Crippen LogP contribution in [0.2, 0.25) is 0 Å². The van der Waals surface area contributed by atoms with Crippen molar-refractivity contribution in [1.82, 2.24) is 5.32 Å². The van der Waals surface area contributed by atoms with Crippen LogP contribution in [0, 0.1) is 0 Å². The summed E-state index contributed by atoms with van der Waals surface area (Å²) in [5.41, 5.74) is 1.94. The molecule has 144 valence electrons. The van der Waals surface area contributed by atoms with Crippen LogP contribution in [0.1, 0.15) is 30.4 Å². The van der Waals surface area contributed by atoms with Crippen LogP contribution in [0.25, 0.3) is 0 Å². The molecule has 27 heavy (non-hydrogen) atoms. The number of carboxylic acid groups (broad SMARTS) is 1. The molecule has 0 aromatic heterocycles. The highest BCUT2D eigenvalue weighted by Gasteiger charge is 2.20. The molecule has 1 amide bonds. The lowest BCUT2D eigenvalue weighted by molar-refractivity contribution is -0.139. The van der Waals surface area contributed by atoms with Crippen molar-refractivity contribution in [1.29, 1.82) is 0 Å². The van der Waals surface area contributed by atoms with Crippen LogP contribution >= 0.6 is 0 Å². The van der Waals surface area contributed by atoms with Crippen molar-refractivity contribution in [2.75, 3.05) is 6.61 Å². The molecule has 0 aliphatic rings. The van der Waals surface area contributed by atoms with Crippen LogP contribution in [0.15, 0.2) is 60.7 Å². The number of amides is 1. The number of hydrogen-bond donors (Lipinski definition) is 2. The Labute approximate surface area is 159 Å². The zero-order valence-corrected chi connectivity index (χ0v) is 15.2. The highest BCUT2D eigenvalue weighted by molar-refractivity contribution is 5.79. The highest BCUT2D eigenvalue weighted by atomic mass is 16.5. The molecule has 2 aromatic rings. The van der Waals surface area contributed by atoms with Gasteiger partial charge in [0.1, 0.15) is 12.6 Å². The maximum atomic E-state index is 11.8. The summed E-state index contributed by atoms with van der Waals surface area (Å²) >= 11 is 0. The fourth-order valence-corrected chi connectivity index (χ4v) is 2.48. The summed E-state index contributed by atoms with van der Waals surface area (Å²) in [6.07, 6.45) is 0.943. The second-order valence-electron chi connectivity index (χ2n) is 6.13. The van der Waals surface area contributed by atoms with Crippen molar-refractivity contribution in [2.45, 2.75) is 38.5 Å². The van der Waals surface area contributed by atoms with Gasteiger partial charge in [0.05, 0.1) is 6.61 Å². The van der Waals surface area contributed by atoms with Gasteiger partial charge in [-0.3, -0.25) is 0 Å². The molecule has 1 unspecified atom stereocenters. The van der Waals surface area contributed by atoms with E-state index in [1.54, 1.807) is 0 Å². The van der Waals surface area contributed by atoms with E-state index in [1.165, 1.54) is 0 Å². The van der Waals surface area contributed by atoms with Crippen molar-refractivity contribution >= 4 is 12.1 Å². The smallest absolute Gasteiger partial charge is 0.408 e. The van der Waals surface area contributed by atoms with Crippen LogP contribution < -0.4 is 5.32 Å². The van der Waals surface area contributed by atoms with Crippen LogP contribution in [0.4, 0.5) is 4.79 Å². The summed E-state index contributed by atoms with van der Waals surface area (Å²) < 4.78 is 10.6. The molecule has 0 aliphatic carbocycles. The molecule has 0 heterocycles. The van der Waals surface area contributed by atoms with E-state index < -0.39 is 18.1 Å². The van der Waals surface area contributed by atoms with E-state index in [9.17, 15) is 14.7 Å². The van der Waals surface area contributed by atoms with Crippen molar-refractivity contribution in [3.05, 3.63) is 71.8 Å². The number of carbonyl (C=O) groups is 2. The zero-order chi connectivity index (χ0) is 19.3. The van der Waals surface area contributed by atoms with Crippen LogP contribution in [-0.4, -0.2) is 29.8 Å². The van der Waals surface area contributed by atoms with Gasteiger partial charge in [-0.25, -0.2) is 9.59 Å². The normalized spacial score (nSPS) is 11.6. The van der Waals surface area contributed by atoms with E-state index in [0.717, 1.165) is 17.5 Å². The third-order valence-corrected chi connectivity index (χ3v) is 3.95. The first-order chi connectivity index (χ1) is 13.1. The minimum atomic E-state index is -1.07. The third kappa shape index (κ3) is 8.37. The summed E-state index contributed by atoms with van der Waals surface area (Å²) in [5.74, 6) is -1.07. The van der Waals surface area contributed by atoms with Gasteiger partial charge < -0.3 is 19.9 Å². The number of rotatable bonds is 11. The monoisotopic (exact) mass is 371 g/mol. The molecule has 2 N–H and O–H groups in total. The van der Waals surface area contributed by atoms with Crippen LogP contribution in [0.5, 0.6) is 0 Å². The molecule has 0 spiro atoms. The van der Waals surface area contributed by atoms with Gasteiger partial charge in [0.25, 0.3) is 0 Å². The van der Waals surface area contributed by atoms with E-state index in [-0.39, 0.29) is 6.61 Å². The minimum Gasteiger partial charge on any atom is -0.480 e. The summed E-state index contributed by atoms with van der Waals surface area (Å²) in [5, 5.41) is 11.7. The average Bonchev–Trinajstić information content (AvgIpc) is 2.69. The molecule has 6 nitrogen and oxygen atoms in total. The highest BCUT2D eigenvalue weighted by Crippen LogP contribution is 2.06. The first-order valence-electron chi connectivity index (χ1n) is 8.97. The Kier molecular flexibility index (Phi) is 8.86. The third-order valence-electron chi connectivity index (χ3n) is 3.95. The molecule has 0 saturated carbocycles. The fourth-order valence-electron chi connectivity index (χ4n) is 2.48. The Bertz CT molecular complexity index is 690. The summed E-state index contributed by atoms with van der Waals surface area (Å²) in [6.45, 7) is 1.18. The minimum absolute atomic E-state index is 0.104. The standard InChI is InChI=1S/C21H25NO5/c23-20(24)19(22-21(25)27-16-18-11-5-2-6-12-18)13-7-8-14-26-15-17-9-3-1-4-10-17/h1-6,9-12,19H,7-8,13-16H2,(H,22,25)(H,23,24). The number of ether oxygens (including phenoxy) is 2. The fraction of sp³-hybridized carbons (Fsp3) is 0.333.